The van der Waals surface area contributed by atoms with E-state index in [0.29, 0.717) is 0 Å². The highest BCUT2D eigenvalue weighted by molar-refractivity contribution is 7.30. The van der Waals surface area contributed by atoms with Gasteiger partial charge in [0.2, 0.25) is 0 Å². The number of aryl methyl sites for hydroxylation is 1. The van der Waals surface area contributed by atoms with E-state index in [2.05, 4.69) is 50.0 Å². The van der Waals surface area contributed by atoms with Crippen molar-refractivity contribution in [3.8, 4) is 0 Å². The molecular weight excluding hydrogens is 208 g/mol. The van der Waals surface area contributed by atoms with Crippen LogP contribution in [0.25, 0.3) is 0 Å². The third-order valence-corrected chi connectivity index (χ3v) is 2.30. The summed E-state index contributed by atoms with van der Waals surface area (Å²) in [5.74, 6) is 0. The quantitative estimate of drug-likeness (QED) is 0.717. The predicted molar refractivity (Wildman–Crippen MR) is 72.4 cm³/mol. The van der Waals surface area contributed by atoms with Crippen LogP contribution in [0.1, 0.15) is 25.0 Å². The molecule has 1 nitrogen and oxygen atoms in total. The van der Waals surface area contributed by atoms with E-state index in [1.165, 1.54) is 11.1 Å². The van der Waals surface area contributed by atoms with Crippen molar-refractivity contribution in [3.63, 3.8) is 0 Å². The molecule has 2 unspecified atom stereocenters. The maximum absolute atomic E-state index is 2.63. The van der Waals surface area contributed by atoms with E-state index < -0.39 is 0 Å². The summed E-state index contributed by atoms with van der Waals surface area (Å²) in [6.45, 7) is 7.17. The van der Waals surface area contributed by atoms with E-state index in [0.717, 1.165) is 13.0 Å². The van der Waals surface area contributed by atoms with Crippen molar-refractivity contribution in [2.75, 3.05) is 6.54 Å². The number of rotatable bonds is 3. The van der Waals surface area contributed by atoms with Crippen molar-refractivity contribution < 1.29 is 0 Å². The predicted octanol–water partition coefficient (Wildman–Crippen LogP) is 3.45. The van der Waals surface area contributed by atoms with Gasteiger partial charge in [-0.15, -0.1) is 0 Å². The van der Waals surface area contributed by atoms with Crippen molar-refractivity contribution in [2.45, 2.75) is 27.2 Å². The molecule has 0 aromatic heterocycles. The van der Waals surface area contributed by atoms with Crippen LogP contribution in [0.3, 0.4) is 0 Å². The molecule has 0 N–H and O–H groups in total. The highest BCUT2D eigenvalue weighted by Crippen LogP contribution is 2.09. The minimum atomic E-state index is 1.05. The van der Waals surface area contributed by atoms with Crippen molar-refractivity contribution >= 4 is 18.8 Å². The van der Waals surface area contributed by atoms with E-state index in [-0.39, 0.29) is 0 Å². The molecule has 80 valence electrons. The molecule has 1 rings (SSSR count). The Morgan fingerprint density at radius 1 is 1.07 bits per heavy atom. The summed E-state index contributed by atoms with van der Waals surface area (Å²) in [7, 11) is 5.27. The van der Waals surface area contributed by atoms with Gasteiger partial charge >= 0.3 is 0 Å². The van der Waals surface area contributed by atoms with E-state index in [1.54, 1.807) is 0 Å². The fourth-order valence-corrected chi connectivity index (χ4v) is 1.27. The topological polar surface area (TPSA) is 3.24 Å². The molecule has 3 heteroatoms. The van der Waals surface area contributed by atoms with Gasteiger partial charge in [-0.25, -0.2) is 0 Å². The highest BCUT2D eigenvalue weighted by atomic mass is 31.1. The van der Waals surface area contributed by atoms with Gasteiger partial charge in [0.05, 0.1) is 0 Å². The summed E-state index contributed by atoms with van der Waals surface area (Å²) in [4.78, 5) is 0. The van der Waals surface area contributed by atoms with Gasteiger partial charge in [0.25, 0.3) is 0 Å². The maximum atomic E-state index is 2.63. The Labute approximate surface area is 92.8 Å². The lowest BCUT2D eigenvalue weighted by molar-refractivity contribution is 0.726. The third-order valence-electron chi connectivity index (χ3n) is 1.78. The molecule has 1 aromatic carbocycles. The lowest BCUT2D eigenvalue weighted by atomic mass is 10.1. The molecule has 0 saturated carbocycles. The Morgan fingerprint density at radius 3 is 2.00 bits per heavy atom. The monoisotopic (exact) mass is 229 g/mol. The summed E-state index contributed by atoms with van der Waals surface area (Å²) in [5, 5.41) is 0. The SMILES string of the molecule is CC.Cc1ccc(CCN(P)P)cc1. The van der Waals surface area contributed by atoms with Crippen LogP contribution >= 0.6 is 18.8 Å². The summed E-state index contributed by atoms with van der Waals surface area (Å²) in [6, 6.07) is 8.69. The molecule has 0 saturated heterocycles. The van der Waals surface area contributed by atoms with Gasteiger partial charge in [-0.2, -0.15) is 0 Å². The molecule has 0 heterocycles. The zero-order valence-corrected chi connectivity index (χ0v) is 11.6. The average molecular weight is 229 g/mol. The molecule has 0 aliphatic heterocycles. The van der Waals surface area contributed by atoms with Gasteiger partial charge < -0.3 is 0 Å². The molecule has 2 atom stereocenters. The zero-order chi connectivity index (χ0) is 11.0. The molecule has 0 fully saturated rings. The van der Waals surface area contributed by atoms with Crippen LogP contribution in [0.15, 0.2) is 24.3 Å². The first-order chi connectivity index (χ1) is 6.68. The summed E-state index contributed by atoms with van der Waals surface area (Å²) in [6.07, 6.45) is 1.10. The van der Waals surface area contributed by atoms with Crippen LogP contribution in [-0.4, -0.2) is 11.0 Å². The normalized spacial score (nSPS) is 9.57. The van der Waals surface area contributed by atoms with Crippen LogP contribution in [-0.2, 0) is 6.42 Å². The average Bonchev–Trinajstić information content (AvgIpc) is 2.20. The number of hydrogen-bond acceptors (Lipinski definition) is 1. The minimum Gasteiger partial charge on any atom is -0.272 e. The molecule has 0 aliphatic rings. The minimum absolute atomic E-state index is 1.05. The van der Waals surface area contributed by atoms with Crippen LogP contribution in [0.2, 0.25) is 0 Å². The second-order valence-corrected chi connectivity index (χ2v) is 4.90. The Morgan fingerprint density at radius 2 is 1.57 bits per heavy atom. The fraction of sp³-hybridized carbons (Fsp3) is 0.455. The first kappa shape index (κ1) is 14.0. The lowest BCUT2D eigenvalue weighted by Crippen LogP contribution is -2.01. The zero-order valence-electron chi connectivity index (χ0n) is 9.33. The summed E-state index contributed by atoms with van der Waals surface area (Å²) >= 11 is 0. The Kier molecular flexibility index (Phi) is 8.38. The second kappa shape index (κ2) is 8.36. The fourth-order valence-electron chi connectivity index (χ4n) is 1.01. The third kappa shape index (κ3) is 6.49. The van der Waals surface area contributed by atoms with Gasteiger partial charge in [-0.05, 0) is 18.9 Å². The molecule has 0 amide bonds. The molecular formula is C11H21NP2. The molecule has 0 bridgehead atoms. The van der Waals surface area contributed by atoms with Gasteiger partial charge in [0.1, 0.15) is 0 Å². The van der Waals surface area contributed by atoms with Gasteiger partial charge in [0.15, 0.2) is 0 Å². The van der Waals surface area contributed by atoms with Crippen LogP contribution in [0.4, 0.5) is 0 Å². The smallest absolute Gasteiger partial charge is 0.00913 e. The molecule has 0 spiro atoms. The standard InChI is InChI=1S/C9H15NP2.C2H6/c1-8-2-4-9(5-3-8)6-7-10(11)12;1-2/h2-5H,6-7,11-12H2,1H3;1-2H3. The maximum Gasteiger partial charge on any atom is 0.00913 e. The lowest BCUT2D eigenvalue weighted by Gasteiger charge is -2.08. The van der Waals surface area contributed by atoms with Crippen LogP contribution in [0, 0.1) is 6.92 Å². The molecule has 0 radical (unpaired) electrons. The van der Waals surface area contributed by atoms with E-state index >= 15 is 0 Å². The Hall–Kier alpha value is 0.0400. The number of nitrogens with zero attached hydrogens (tertiary/aromatic N) is 1. The molecule has 1 aromatic rings. The van der Waals surface area contributed by atoms with E-state index in [1.807, 2.05) is 18.3 Å². The van der Waals surface area contributed by atoms with Crippen molar-refractivity contribution in [1.82, 2.24) is 4.44 Å². The van der Waals surface area contributed by atoms with Crippen molar-refractivity contribution in [3.05, 3.63) is 35.4 Å². The van der Waals surface area contributed by atoms with Gasteiger partial charge in [0, 0.05) is 6.54 Å². The van der Waals surface area contributed by atoms with E-state index in [9.17, 15) is 0 Å². The van der Waals surface area contributed by atoms with Gasteiger partial charge in [-0.3, -0.25) is 4.44 Å². The Bertz CT molecular complexity index is 232. The first-order valence-electron chi connectivity index (χ1n) is 5.01. The first-order valence-corrected chi connectivity index (χ1v) is 6.04. The molecule has 0 aliphatic carbocycles. The largest absolute Gasteiger partial charge is 0.272 e. The van der Waals surface area contributed by atoms with E-state index in [4.69, 9.17) is 0 Å². The number of benzene rings is 1. The van der Waals surface area contributed by atoms with Crippen LogP contribution in [0.5, 0.6) is 0 Å². The van der Waals surface area contributed by atoms with Crippen LogP contribution < -0.4 is 0 Å². The highest BCUT2D eigenvalue weighted by Gasteiger charge is 1.93. The summed E-state index contributed by atoms with van der Waals surface area (Å²) in [5.41, 5.74) is 2.72. The van der Waals surface area contributed by atoms with Crippen molar-refractivity contribution in [2.24, 2.45) is 0 Å². The molecule has 14 heavy (non-hydrogen) atoms. The second-order valence-electron chi connectivity index (χ2n) is 2.97. The van der Waals surface area contributed by atoms with Crippen molar-refractivity contribution in [1.29, 1.82) is 0 Å². The Balaban J connectivity index is 0.000000791. The van der Waals surface area contributed by atoms with Gasteiger partial charge in [-0.1, -0.05) is 62.5 Å². The number of hydrogen-bond donors (Lipinski definition) is 0. The summed E-state index contributed by atoms with van der Waals surface area (Å²) < 4.78 is 2.04.